The van der Waals surface area contributed by atoms with Crippen LogP contribution >= 0.6 is 11.8 Å². The lowest BCUT2D eigenvalue weighted by molar-refractivity contribution is -0.150. The average Bonchev–Trinajstić information content (AvgIpc) is 3.28. The molecule has 0 spiro atoms. The summed E-state index contributed by atoms with van der Waals surface area (Å²) < 4.78 is 10.8. The number of rotatable bonds is 7. The van der Waals surface area contributed by atoms with E-state index in [1.54, 1.807) is 31.2 Å². The van der Waals surface area contributed by atoms with Gasteiger partial charge in [-0.15, -0.1) is 0 Å². The van der Waals surface area contributed by atoms with Crippen molar-refractivity contribution in [2.45, 2.75) is 26.4 Å². The second-order valence-electron chi connectivity index (χ2n) is 6.56. The fourth-order valence-electron chi connectivity index (χ4n) is 2.63. The second-order valence-corrected chi connectivity index (χ2v) is 7.56. The highest BCUT2D eigenvalue weighted by Crippen LogP contribution is 2.33. The van der Waals surface area contributed by atoms with Crippen LogP contribution in [0.3, 0.4) is 0 Å². The van der Waals surface area contributed by atoms with Gasteiger partial charge in [0.1, 0.15) is 18.1 Å². The Labute approximate surface area is 176 Å². The van der Waals surface area contributed by atoms with Gasteiger partial charge >= 0.3 is 11.9 Å². The molecule has 30 heavy (non-hydrogen) atoms. The second kappa shape index (κ2) is 9.00. The van der Waals surface area contributed by atoms with Crippen LogP contribution in [-0.2, 0) is 14.3 Å². The fourth-order valence-corrected chi connectivity index (χ4v) is 3.45. The number of hydrogen-bond donors (Lipinski definition) is 1. The van der Waals surface area contributed by atoms with Gasteiger partial charge in [0.15, 0.2) is 0 Å². The molecule has 2 aromatic rings. The monoisotopic (exact) mass is 429 g/mol. The van der Waals surface area contributed by atoms with E-state index < -0.39 is 29.6 Å². The van der Waals surface area contributed by atoms with Gasteiger partial charge in [-0.05, 0) is 49.4 Å². The highest BCUT2D eigenvalue weighted by molar-refractivity contribution is 8.18. The van der Waals surface area contributed by atoms with Crippen LogP contribution in [0.5, 0.6) is 0 Å². The first-order valence-corrected chi connectivity index (χ1v) is 9.98. The first-order chi connectivity index (χ1) is 14.3. The van der Waals surface area contributed by atoms with Crippen molar-refractivity contribution in [1.29, 1.82) is 0 Å². The van der Waals surface area contributed by atoms with Crippen molar-refractivity contribution in [2.75, 3.05) is 6.54 Å². The summed E-state index contributed by atoms with van der Waals surface area (Å²) in [4.78, 5) is 48.6. The summed E-state index contributed by atoms with van der Waals surface area (Å²) >= 11 is 0.708. The number of esters is 1. The zero-order chi connectivity index (χ0) is 21.8. The number of carbonyl (C=O) groups excluding carboxylic acids is 3. The van der Waals surface area contributed by atoms with Crippen molar-refractivity contribution in [1.82, 2.24) is 4.90 Å². The summed E-state index contributed by atoms with van der Waals surface area (Å²) in [6, 6.07) is 9.49. The molecule has 0 radical (unpaired) electrons. The predicted octanol–water partition coefficient (Wildman–Crippen LogP) is 4.02. The highest BCUT2D eigenvalue weighted by atomic mass is 32.2. The third kappa shape index (κ3) is 4.80. The number of benzene rings is 1. The largest absolute Gasteiger partial charge is 0.478 e. The Morgan fingerprint density at radius 2 is 2.03 bits per heavy atom. The maximum atomic E-state index is 12.5. The minimum Gasteiger partial charge on any atom is -0.478 e. The molecule has 1 atom stereocenters. The molecule has 9 heteroatoms. The molecule has 1 aromatic heterocycles. The van der Waals surface area contributed by atoms with E-state index in [4.69, 9.17) is 14.3 Å². The van der Waals surface area contributed by atoms with E-state index in [1.807, 2.05) is 6.92 Å². The Morgan fingerprint density at radius 3 is 2.73 bits per heavy atom. The molecule has 2 amide bonds. The van der Waals surface area contributed by atoms with Gasteiger partial charge in [-0.25, -0.2) is 4.79 Å². The standard InChI is InChI=1S/C21H19NO7S/c1-3-12(2)28-18(23)11-22-19(24)17(30-21(22)27)10-15-7-8-16(29-15)13-5-4-6-14(9-13)20(25)26/h4-10,12H,3,11H2,1-2H3,(H,25,26)/b17-10+/t12-/m1/s1. The molecule has 1 aromatic carbocycles. The van der Waals surface area contributed by atoms with E-state index >= 15 is 0 Å². The molecule has 1 saturated heterocycles. The van der Waals surface area contributed by atoms with Crippen LogP contribution in [-0.4, -0.2) is 45.7 Å². The molecule has 1 aliphatic rings. The highest BCUT2D eigenvalue weighted by Gasteiger charge is 2.37. The van der Waals surface area contributed by atoms with Gasteiger partial charge in [-0.1, -0.05) is 19.1 Å². The van der Waals surface area contributed by atoms with Gasteiger partial charge in [-0.2, -0.15) is 0 Å². The molecule has 0 saturated carbocycles. The number of hydrogen-bond acceptors (Lipinski definition) is 7. The van der Waals surface area contributed by atoms with Crippen LogP contribution in [0, 0.1) is 0 Å². The van der Waals surface area contributed by atoms with E-state index in [9.17, 15) is 19.2 Å². The maximum absolute atomic E-state index is 12.5. The first kappa shape index (κ1) is 21.4. The predicted molar refractivity (Wildman–Crippen MR) is 110 cm³/mol. The number of nitrogens with zero attached hydrogens (tertiary/aromatic N) is 1. The molecule has 8 nitrogen and oxygen atoms in total. The average molecular weight is 429 g/mol. The Hall–Kier alpha value is -3.33. The van der Waals surface area contributed by atoms with Crippen molar-refractivity contribution in [3.8, 4) is 11.3 Å². The smallest absolute Gasteiger partial charge is 0.335 e. The molecular formula is C21H19NO7S. The number of carbonyl (C=O) groups is 4. The Kier molecular flexibility index (Phi) is 6.41. The number of furan rings is 1. The number of thioether (sulfide) groups is 1. The zero-order valence-electron chi connectivity index (χ0n) is 16.3. The number of amides is 2. The Morgan fingerprint density at radius 1 is 1.27 bits per heavy atom. The van der Waals surface area contributed by atoms with Crippen LogP contribution in [0.1, 0.15) is 36.4 Å². The molecule has 1 fully saturated rings. The maximum Gasteiger partial charge on any atom is 0.335 e. The summed E-state index contributed by atoms with van der Waals surface area (Å²) in [6.45, 7) is 3.14. The number of carboxylic acids is 1. The lowest BCUT2D eigenvalue weighted by Gasteiger charge is -2.14. The van der Waals surface area contributed by atoms with Crippen molar-refractivity contribution in [2.24, 2.45) is 0 Å². The summed E-state index contributed by atoms with van der Waals surface area (Å²) in [5.41, 5.74) is 0.686. The summed E-state index contributed by atoms with van der Waals surface area (Å²) in [7, 11) is 0. The summed E-state index contributed by atoms with van der Waals surface area (Å²) in [6.07, 6.45) is 1.74. The fraction of sp³-hybridized carbons (Fsp3) is 0.238. The molecule has 1 aliphatic heterocycles. The molecule has 1 N–H and O–H groups in total. The van der Waals surface area contributed by atoms with Crippen molar-refractivity contribution >= 4 is 40.9 Å². The number of ether oxygens (including phenoxy) is 1. The quantitative estimate of drug-likeness (QED) is 0.518. The third-order valence-electron chi connectivity index (χ3n) is 4.36. The lowest BCUT2D eigenvalue weighted by atomic mass is 10.1. The van der Waals surface area contributed by atoms with Crippen LogP contribution < -0.4 is 0 Å². The topological polar surface area (TPSA) is 114 Å². The lowest BCUT2D eigenvalue weighted by Crippen LogP contribution is -2.35. The number of imide groups is 1. The minimum atomic E-state index is -1.05. The van der Waals surface area contributed by atoms with Crippen molar-refractivity contribution in [3.63, 3.8) is 0 Å². The van der Waals surface area contributed by atoms with Crippen molar-refractivity contribution < 1.29 is 33.4 Å². The van der Waals surface area contributed by atoms with Gasteiger partial charge in [-0.3, -0.25) is 19.3 Å². The zero-order valence-corrected chi connectivity index (χ0v) is 17.1. The van der Waals surface area contributed by atoms with Gasteiger partial charge in [0.2, 0.25) is 0 Å². The SMILES string of the molecule is CC[C@@H](C)OC(=O)CN1C(=O)S/C(=C/c2ccc(-c3cccc(C(=O)O)c3)o2)C1=O. The van der Waals surface area contributed by atoms with Gasteiger partial charge in [0.25, 0.3) is 11.1 Å². The molecule has 156 valence electrons. The summed E-state index contributed by atoms with van der Waals surface area (Å²) in [5.74, 6) is -1.56. The van der Waals surface area contributed by atoms with E-state index in [1.165, 1.54) is 18.2 Å². The Bertz CT molecular complexity index is 1040. The van der Waals surface area contributed by atoms with E-state index in [0.717, 1.165) is 4.90 Å². The Balaban J connectivity index is 1.74. The van der Waals surface area contributed by atoms with Crippen LogP contribution in [0.25, 0.3) is 17.4 Å². The van der Waals surface area contributed by atoms with Crippen LogP contribution in [0.2, 0.25) is 0 Å². The number of aromatic carboxylic acids is 1. The van der Waals surface area contributed by atoms with Crippen LogP contribution in [0.4, 0.5) is 4.79 Å². The van der Waals surface area contributed by atoms with Crippen LogP contribution in [0.15, 0.2) is 45.7 Å². The molecule has 0 unspecified atom stereocenters. The number of carboxylic acid groups (broad SMARTS) is 1. The van der Waals surface area contributed by atoms with Gasteiger partial charge in [0.05, 0.1) is 16.6 Å². The third-order valence-corrected chi connectivity index (χ3v) is 5.27. The van der Waals surface area contributed by atoms with Gasteiger partial charge in [0, 0.05) is 11.6 Å². The molecule has 2 heterocycles. The van der Waals surface area contributed by atoms with E-state index in [0.29, 0.717) is 35.3 Å². The molecular weight excluding hydrogens is 410 g/mol. The van der Waals surface area contributed by atoms with E-state index in [2.05, 4.69) is 0 Å². The molecule has 0 bridgehead atoms. The van der Waals surface area contributed by atoms with Gasteiger partial charge < -0.3 is 14.3 Å². The minimum absolute atomic E-state index is 0.121. The molecule has 0 aliphatic carbocycles. The normalized spacial score (nSPS) is 16.2. The van der Waals surface area contributed by atoms with E-state index in [-0.39, 0.29) is 16.6 Å². The molecule has 3 rings (SSSR count). The van der Waals surface area contributed by atoms with Crippen molar-refractivity contribution in [3.05, 3.63) is 52.6 Å². The summed E-state index contributed by atoms with van der Waals surface area (Å²) in [5, 5.41) is 8.54. The first-order valence-electron chi connectivity index (χ1n) is 9.17.